The monoisotopic (exact) mass is 501 g/mol. The molecule has 1 fully saturated rings. The number of aryl methyl sites for hydroxylation is 1. The van der Waals surface area contributed by atoms with Crippen molar-refractivity contribution < 1.29 is 4.92 Å². The first kappa shape index (κ1) is 23.1. The summed E-state index contributed by atoms with van der Waals surface area (Å²) in [6, 6.07) is 24.8. The first-order valence-corrected chi connectivity index (χ1v) is 12.5. The Morgan fingerprint density at radius 3 is 2.37 bits per heavy atom. The molecule has 5 rings (SSSR count). The van der Waals surface area contributed by atoms with Gasteiger partial charge < -0.3 is 14.8 Å². The highest BCUT2D eigenvalue weighted by atomic mass is 32.2. The topological polar surface area (TPSA) is 76.2 Å². The lowest BCUT2D eigenvalue weighted by Crippen LogP contribution is -2.30. The minimum absolute atomic E-state index is 0.0551. The number of nitro groups is 1. The van der Waals surface area contributed by atoms with Crippen molar-refractivity contribution in [3.05, 3.63) is 113 Å². The molecule has 9 heteroatoms. The maximum absolute atomic E-state index is 10.9. The van der Waals surface area contributed by atoms with E-state index >= 15 is 0 Å². The summed E-state index contributed by atoms with van der Waals surface area (Å²) in [5, 5.41) is 15.1. The van der Waals surface area contributed by atoms with Gasteiger partial charge in [0.25, 0.3) is 5.69 Å². The van der Waals surface area contributed by atoms with E-state index in [4.69, 9.17) is 12.2 Å². The van der Waals surface area contributed by atoms with Gasteiger partial charge in [-0.1, -0.05) is 17.8 Å². The Morgan fingerprint density at radius 1 is 1.03 bits per heavy atom. The zero-order valence-electron chi connectivity index (χ0n) is 18.9. The normalized spacial score (nSPS) is 17.4. The molecule has 0 unspecified atom stereocenters. The van der Waals surface area contributed by atoms with Crippen LogP contribution >= 0.6 is 24.0 Å². The summed E-state index contributed by atoms with van der Waals surface area (Å²) in [5.41, 5.74) is 3.18. The second kappa shape index (κ2) is 9.89. The number of rotatable bonds is 7. The maximum atomic E-state index is 10.9. The molecule has 35 heavy (non-hydrogen) atoms. The van der Waals surface area contributed by atoms with E-state index in [0.717, 1.165) is 27.7 Å². The number of anilines is 1. The van der Waals surface area contributed by atoms with E-state index in [0.29, 0.717) is 5.11 Å². The number of benzene rings is 2. The zero-order chi connectivity index (χ0) is 24.4. The molecule has 1 N–H and O–H groups in total. The number of thiocarbonyl (C=S) groups is 1. The van der Waals surface area contributed by atoms with E-state index in [1.165, 1.54) is 17.8 Å². The molecule has 1 saturated heterocycles. The number of non-ortho nitro benzene ring substituents is 1. The van der Waals surface area contributed by atoms with E-state index in [1.807, 2.05) is 36.5 Å². The SMILES string of the molecule is CCn1cccc1[C@H]1[C@@H](c2ccccn2)NC(=S)N1c1ccc(Sc2ccc([N+](=O)[O-])cc2)cc1. The van der Waals surface area contributed by atoms with Crippen LogP contribution in [0.5, 0.6) is 0 Å². The van der Waals surface area contributed by atoms with Gasteiger partial charge in [0.2, 0.25) is 0 Å². The van der Waals surface area contributed by atoms with E-state index < -0.39 is 0 Å². The van der Waals surface area contributed by atoms with Crippen LogP contribution in [0.3, 0.4) is 0 Å². The van der Waals surface area contributed by atoms with Gasteiger partial charge in [-0.25, -0.2) is 0 Å². The van der Waals surface area contributed by atoms with Gasteiger partial charge >= 0.3 is 0 Å². The Labute approximate surface area is 213 Å². The Kier molecular flexibility index (Phi) is 6.52. The molecule has 4 aromatic rings. The zero-order valence-corrected chi connectivity index (χ0v) is 20.6. The Balaban J connectivity index is 1.45. The van der Waals surface area contributed by atoms with Gasteiger partial charge in [-0.3, -0.25) is 15.1 Å². The fourth-order valence-electron chi connectivity index (χ4n) is 4.36. The van der Waals surface area contributed by atoms with Crippen LogP contribution in [0.4, 0.5) is 11.4 Å². The van der Waals surface area contributed by atoms with Crippen molar-refractivity contribution in [1.82, 2.24) is 14.9 Å². The molecule has 0 aliphatic carbocycles. The van der Waals surface area contributed by atoms with Gasteiger partial charge in [-0.05, 0) is 79.8 Å². The van der Waals surface area contributed by atoms with Gasteiger partial charge in [-0.15, -0.1) is 0 Å². The van der Waals surface area contributed by atoms with Crippen LogP contribution in [0.25, 0.3) is 0 Å². The van der Waals surface area contributed by atoms with Crippen molar-refractivity contribution in [1.29, 1.82) is 0 Å². The molecule has 7 nitrogen and oxygen atoms in total. The summed E-state index contributed by atoms with van der Waals surface area (Å²) in [4.78, 5) is 19.3. The van der Waals surface area contributed by atoms with Crippen LogP contribution in [0, 0.1) is 10.1 Å². The third-order valence-electron chi connectivity index (χ3n) is 6.00. The third-order valence-corrected chi connectivity index (χ3v) is 7.33. The highest BCUT2D eigenvalue weighted by Crippen LogP contribution is 2.42. The van der Waals surface area contributed by atoms with E-state index in [-0.39, 0.29) is 22.7 Å². The molecule has 1 aliphatic heterocycles. The molecule has 0 bridgehead atoms. The predicted molar refractivity (Wildman–Crippen MR) is 142 cm³/mol. The molecular formula is C26H23N5O2S2. The van der Waals surface area contributed by atoms with Gasteiger partial charge in [0.05, 0.1) is 16.7 Å². The summed E-state index contributed by atoms with van der Waals surface area (Å²) in [5.74, 6) is 0. The standard InChI is InChI=1S/C26H23N5O2S2/c1-2-29-17-5-7-23(29)25-24(22-6-3-4-16-27-22)28-26(34)30(25)18-8-12-20(13-9-18)35-21-14-10-19(11-15-21)31(32)33/h3-17,24-25H,2H2,1H3,(H,28,34)/t24-,25+/m1/s1. The van der Waals surface area contributed by atoms with Crippen molar-refractivity contribution >= 4 is 40.5 Å². The first-order valence-electron chi connectivity index (χ1n) is 11.2. The highest BCUT2D eigenvalue weighted by molar-refractivity contribution is 7.99. The molecule has 2 atom stereocenters. The quantitative estimate of drug-likeness (QED) is 0.185. The molecule has 176 valence electrons. The van der Waals surface area contributed by atoms with Crippen LogP contribution in [-0.2, 0) is 6.54 Å². The van der Waals surface area contributed by atoms with E-state index in [1.54, 1.807) is 23.9 Å². The molecule has 0 saturated carbocycles. The largest absolute Gasteiger partial charge is 0.351 e. The average molecular weight is 502 g/mol. The third kappa shape index (κ3) is 4.65. The number of hydrogen-bond donors (Lipinski definition) is 1. The highest BCUT2D eigenvalue weighted by Gasteiger charge is 2.41. The number of nitro benzene ring substituents is 1. The van der Waals surface area contributed by atoms with Crippen molar-refractivity contribution in [3.63, 3.8) is 0 Å². The van der Waals surface area contributed by atoms with E-state index in [9.17, 15) is 10.1 Å². The van der Waals surface area contributed by atoms with Crippen molar-refractivity contribution in [2.24, 2.45) is 0 Å². The first-order chi connectivity index (χ1) is 17.0. The Hall–Kier alpha value is -3.69. The second-order valence-corrected chi connectivity index (χ2v) is 9.60. The smallest absolute Gasteiger partial charge is 0.269 e. The number of pyridine rings is 1. The minimum atomic E-state index is -0.389. The Morgan fingerprint density at radius 2 is 1.74 bits per heavy atom. The maximum Gasteiger partial charge on any atom is 0.269 e. The predicted octanol–water partition coefficient (Wildman–Crippen LogP) is 6.14. The van der Waals surface area contributed by atoms with Crippen LogP contribution in [0.2, 0.25) is 0 Å². The van der Waals surface area contributed by atoms with Crippen molar-refractivity contribution in [3.8, 4) is 0 Å². The minimum Gasteiger partial charge on any atom is -0.351 e. The van der Waals surface area contributed by atoms with Crippen molar-refractivity contribution in [2.75, 3.05) is 4.90 Å². The van der Waals surface area contributed by atoms with Gasteiger partial charge in [0.1, 0.15) is 6.04 Å². The fourth-order valence-corrected chi connectivity index (χ4v) is 5.53. The summed E-state index contributed by atoms with van der Waals surface area (Å²) < 4.78 is 2.24. The lowest BCUT2D eigenvalue weighted by molar-refractivity contribution is -0.384. The number of nitrogens with zero attached hydrogens (tertiary/aromatic N) is 4. The molecule has 0 amide bonds. The molecule has 2 aromatic heterocycles. The van der Waals surface area contributed by atoms with E-state index in [2.05, 4.69) is 57.2 Å². The lowest BCUT2D eigenvalue weighted by Gasteiger charge is -2.29. The lowest BCUT2D eigenvalue weighted by atomic mass is 10.0. The van der Waals surface area contributed by atoms with Crippen LogP contribution in [0.15, 0.2) is 101 Å². The molecule has 0 radical (unpaired) electrons. The van der Waals surface area contributed by atoms with Crippen LogP contribution in [0.1, 0.15) is 30.4 Å². The van der Waals surface area contributed by atoms with Crippen molar-refractivity contribution in [2.45, 2.75) is 35.3 Å². The van der Waals surface area contributed by atoms with Crippen LogP contribution in [-0.4, -0.2) is 19.6 Å². The summed E-state index contributed by atoms with van der Waals surface area (Å²) in [6.45, 7) is 2.99. The molecule has 1 aliphatic rings. The Bertz CT molecular complexity index is 1340. The molecule has 2 aromatic carbocycles. The van der Waals surface area contributed by atoms with Gasteiger partial charge in [0.15, 0.2) is 5.11 Å². The number of aromatic nitrogens is 2. The summed E-state index contributed by atoms with van der Waals surface area (Å²) >= 11 is 7.38. The fraction of sp³-hybridized carbons (Fsp3) is 0.154. The number of hydrogen-bond acceptors (Lipinski definition) is 5. The summed E-state index contributed by atoms with van der Waals surface area (Å²) in [7, 11) is 0. The average Bonchev–Trinajstić information content (AvgIpc) is 3.49. The van der Waals surface area contributed by atoms with Gasteiger partial charge in [-0.2, -0.15) is 0 Å². The molecule has 0 spiro atoms. The van der Waals surface area contributed by atoms with Gasteiger partial charge in [0, 0.05) is 52.2 Å². The second-order valence-electron chi connectivity index (χ2n) is 8.06. The molecule has 3 heterocycles. The molecular weight excluding hydrogens is 478 g/mol. The van der Waals surface area contributed by atoms with Crippen LogP contribution < -0.4 is 10.2 Å². The number of nitrogens with one attached hydrogen (secondary N) is 1. The summed E-state index contributed by atoms with van der Waals surface area (Å²) in [6.07, 6.45) is 3.90.